The maximum absolute atomic E-state index is 12.2. The zero-order valence-electron chi connectivity index (χ0n) is 13.7. The molecule has 25 heavy (non-hydrogen) atoms. The molecular weight excluding hydrogens is 369 g/mol. The molecule has 0 saturated carbocycles. The Morgan fingerprint density at radius 3 is 2.68 bits per heavy atom. The topological polar surface area (TPSA) is 85.6 Å². The molecule has 2 aromatic rings. The van der Waals surface area contributed by atoms with Crippen LogP contribution in [0.15, 0.2) is 29.0 Å². The van der Waals surface area contributed by atoms with Crippen LogP contribution in [0.2, 0.25) is 0 Å². The van der Waals surface area contributed by atoms with Crippen molar-refractivity contribution in [2.24, 2.45) is 0 Å². The second-order valence-corrected chi connectivity index (χ2v) is 5.10. The molecule has 7 nitrogen and oxygen atoms in total. The van der Waals surface area contributed by atoms with Gasteiger partial charge in [-0.05, 0) is 38.2 Å². The molecule has 0 unspecified atom stereocenters. The third-order valence-corrected chi connectivity index (χ3v) is 3.48. The van der Waals surface area contributed by atoms with Crippen LogP contribution in [-0.4, -0.2) is 44.2 Å². The molecule has 1 aliphatic rings. The van der Waals surface area contributed by atoms with Gasteiger partial charge in [0, 0.05) is 12.1 Å². The SMILES string of the molecule is CNCCCNC(=O)c1ncoc1-c1ccc2c(c1)OCCO2.Cl.Cl. The largest absolute Gasteiger partial charge is 0.486 e. The van der Waals surface area contributed by atoms with E-state index in [1.165, 1.54) is 6.39 Å². The first-order valence-corrected chi connectivity index (χ1v) is 7.56. The molecule has 0 atom stereocenters. The summed E-state index contributed by atoms with van der Waals surface area (Å²) in [6.45, 7) is 2.46. The number of hydrogen-bond acceptors (Lipinski definition) is 6. The summed E-state index contributed by atoms with van der Waals surface area (Å²) in [5.74, 6) is 1.51. The van der Waals surface area contributed by atoms with Crippen LogP contribution < -0.4 is 20.1 Å². The van der Waals surface area contributed by atoms with E-state index < -0.39 is 0 Å². The Balaban J connectivity index is 0.00000156. The monoisotopic (exact) mass is 389 g/mol. The molecule has 138 valence electrons. The van der Waals surface area contributed by atoms with Gasteiger partial charge in [-0.2, -0.15) is 0 Å². The fraction of sp³-hybridized carbons (Fsp3) is 0.375. The Morgan fingerprint density at radius 1 is 1.16 bits per heavy atom. The van der Waals surface area contributed by atoms with Crippen LogP contribution in [0, 0.1) is 0 Å². The zero-order valence-corrected chi connectivity index (χ0v) is 15.4. The lowest BCUT2D eigenvalue weighted by Crippen LogP contribution is -2.27. The van der Waals surface area contributed by atoms with Crippen molar-refractivity contribution >= 4 is 30.7 Å². The maximum atomic E-state index is 12.2. The molecule has 1 aromatic carbocycles. The van der Waals surface area contributed by atoms with E-state index in [9.17, 15) is 4.79 Å². The number of carbonyl (C=O) groups excluding carboxylic acids is 1. The minimum Gasteiger partial charge on any atom is -0.486 e. The number of ether oxygens (including phenoxy) is 2. The minimum atomic E-state index is -0.250. The standard InChI is InChI=1S/C16H19N3O4.2ClH/c1-17-5-2-6-18-16(20)14-15(23-10-19-14)11-3-4-12-13(9-11)22-8-7-21-12;;/h3-4,9-10,17H,2,5-8H2,1H3,(H,18,20);2*1H. The normalized spacial score (nSPS) is 11.9. The van der Waals surface area contributed by atoms with E-state index in [2.05, 4.69) is 15.6 Å². The van der Waals surface area contributed by atoms with Crippen molar-refractivity contribution in [1.82, 2.24) is 15.6 Å². The van der Waals surface area contributed by atoms with Gasteiger partial charge in [0.2, 0.25) is 0 Å². The lowest BCUT2D eigenvalue weighted by molar-refractivity contribution is 0.0949. The second kappa shape index (κ2) is 10.1. The van der Waals surface area contributed by atoms with E-state index in [0.29, 0.717) is 37.0 Å². The molecule has 1 aromatic heterocycles. The number of aromatic nitrogens is 1. The van der Waals surface area contributed by atoms with Crippen molar-refractivity contribution in [1.29, 1.82) is 0 Å². The average molecular weight is 390 g/mol. The highest BCUT2D eigenvalue weighted by atomic mass is 35.5. The number of amides is 1. The molecule has 9 heteroatoms. The maximum Gasteiger partial charge on any atom is 0.273 e. The Hall–Kier alpha value is -1.96. The Labute approximate surface area is 158 Å². The lowest BCUT2D eigenvalue weighted by Gasteiger charge is -2.18. The fourth-order valence-electron chi connectivity index (χ4n) is 2.35. The number of benzene rings is 1. The first-order chi connectivity index (χ1) is 11.3. The van der Waals surface area contributed by atoms with E-state index in [1.807, 2.05) is 13.1 Å². The van der Waals surface area contributed by atoms with Gasteiger partial charge in [-0.15, -0.1) is 24.8 Å². The summed E-state index contributed by atoms with van der Waals surface area (Å²) in [5, 5.41) is 5.87. The van der Waals surface area contributed by atoms with Gasteiger partial charge in [-0.3, -0.25) is 4.79 Å². The van der Waals surface area contributed by atoms with Gasteiger partial charge in [-0.1, -0.05) is 0 Å². The number of fused-ring (bicyclic) bond motifs is 1. The molecular formula is C16H21Cl2N3O4. The molecule has 0 fully saturated rings. The first-order valence-electron chi connectivity index (χ1n) is 7.56. The number of rotatable bonds is 6. The van der Waals surface area contributed by atoms with Crippen molar-refractivity contribution in [3.05, 3.63) is 30.3 Å². The summed E-state index contributed by atoms with van der Waals surface area (Å²) in [4.78, 5) is 16.3. The van der Waals surface area contributed by atoms with Gasteiger partial charge in [0.25, 0.3) is 5.91 Å². The summed E-state index contributed by atoms with van der Waals surface area (Å²) in [6, 6.07) is 5.43. The van der Waals surface area contributed by atoms with Crippen LogP contribution in [-0.2, 0) is 0 Å². The predicted molar refractivity (Wildman–Crippen MR) is 98.3 cm³/mol. The highest BCUT2D eigenvalue weighted by Gasteiger charge is 2.20. The third-order valence-electron chi connectivity index (χ3n) is 3.48. The molecule has 1 amide bonds. The fourth-order valence-corrected chi connectivity index (χ4v) is 2.35. The van der Waals surface area contributed by atoms with Crippen LogP contribution >= 0.6 is 24.8 Å². The lowest BCUT2D eigenvalue weighted by atomic mass is 10.1. The number of nitrogens with one attached hydrogen (secondary N) is 2. The molecule has 2 N–H and O–H groups in total. The average Bonchev–Trinajstić information content (AvgIpc) is 3.08. The van der Waals surface area contributed by atoms with Gasteiger partial charge in [0.15, 0.2) is 29.3 Å². The van der Waals surface area contributed by atoms with Crippen molar-refractivity contribution in [2.45, 2.75) is 6.42 Å². The summed E-state index contributed by atoms with van der Waals surface area (Å²) in [5.41, 5.74) is 0.998. The minimum absolute atomic E-state index is 0. The highest BCUT2D eigenvalue weighted by Crippen LogP contribution is 2.35. The third kappa shape index (κ3) is 5.01. The molecule has 3 rings (SSSR count). The Bertz CT molecular complexity index is 694. The van der Waals surface area contributed by atoms with Crippen LogP contribution in [0.3, 0.4) is 0 Å². The van der Waals surface area contributed by atoms with Crippen molar-refractivity contribution in [3.63, 3.8) is 0 Å². The zero-order chi connectivity index (χ0) is 16.1. The van der Waals surface area contributed by atoms with Gasteiger partial charge in [0.1, 0.15) is 13.2 Å². The number of hydrogen-bond donors (Lipinski definition) is 2. The van der Waals surface area contributed by atoms with E-state index in [4.69, 9.17) is 13.9 Å². The van der Waals surface area contributed by atoms with Gasteiger partial charge in [0.05, 0.1) is 0 Å². The number of halogens is 2. The summed E-state index contributed by atoms with van der Waals surface area (Å²) in [6.07, 6.45) is 2.12. The van der Waals surface area contributed by atoms with Crippen molar-refractivity contribution < 1.29 is 18.7 Å². The summed E-state index contributed by atoms with van der Waals surface area (Å²) < 4.78 is 16.5. The van der Waals surface area contributed by atoms with Crippen LogP contribution in [0.4, 0.5) is 0 Å². The molecule has 2 heterocycles. The Kier molecular flexibility index (Phi) is 8.54. The van der Waals surface area contributed by atoms with Crippen molar-refractivity contribution in [3.8, 4) is 22.8 Å². The van der Waals surface area contributed by atoms with Crippen LogP contribution in [0.1, 0.15) is 16.9 Å². The van der Waals surface area contributed by atoms with Crippen LogP contribution in [0.25, 0.3) is 11.3 Å². The van der Waals surface area contributed by atoms with Crippen LogP contribution in [0.5, 0.6) is 11.5 Å². The van der Waals surface area contributed by atoms with E-state index in [-0.39, 0.29) is 36.4 Å². The van der Waals surface area contributed by atoms with Gasteiger partial charge < -0.3 is 24.5 Å². The smallest absolute Gasteiger partial charge is 0.273 e. The number of carbonyl (C=O) groups is 1. The molecule has 1 aliphatic heterocycles. The molecule has 0 bridgehead atoms. The molecule has 0 aliphatic carbocycles. The molecule has 0 saturated heterocycles. The quantitative estimate of drug-likeness (QED) is 0.737. The van der Waals surface area contributed by atoms with Gasteiger partial charge in [-0.25, -0.2) is 4.98 Å². The van der Waals surface area contributed by atoms with E-state index in [0.717, 1.165) is 18.5 Å². The van der Waals surface area contributed by atoms with Gasteiger partial charge >= 0.3 is 0 Å². The summed E-state index contributed by atoms with van der Waals surface area (Å²) in [7, 11) is 1.87. The van der Waals surface area contributed by atoms with Crippen molar-refractivity contribution in [2.75, 3.05) is 33.4 Å². The van der Waals surface area contributed by atoms with E-state index >= 15 is 0 Å². The highest BCUT2D eigenvalue weighted by molar-refractivity contribution is 5.97. The number of oxazole rings is 1. The Morgan fingerprint density at radius 2 is 1.92 bits per heavy atom. The second-order valence-electron chi connectivity index (χ2n) is 5.10. The molecule has 0 spiro atoms. The predicted octanol–water partition coefficient (Wildman–Crippen LogP) is 2.30. The number of nitrogens with zero attached hydrogens (tertiary/aromatic N) is 1. The van der Waals surface area contributed by atoms with E-state index in [1.54, 1.807) is 12.1 Å². The summed E-state index contributed by atoms with van der Waals surface area (Å²) >= 11 is 0. The first kappa shape index (κ1) is 21.1. The molecule has 0 radical (unpaired) electrons.